The summed E-state index contributed by atoms with van der Waals surface area (Å²) in [7, 11) is 0. The lowest BCUT2D eigenvalue weighted by molar-refractivity contribution is -0.126. The first-order chi connectivity index (χ1) is 18.9. The van der Waals surface area contributed by atoms with E-state index in [1.807, 2.05) is 54.6 Å². The number of carbonyl (C=O) groups excluding carboxylic acids is 3. The summed E-state index contributed by atoms with van der Waals surface area (Å²) in [5.74, 6) is -1.73. The second-order valence-corrected chi connectivity index (χ2v) is 10.1. The molecular weight excluding hydrogens is 516 g/mol. The molecule has 0 saturated carbocycles. The zero-order valence-corrected chi connectivity index (χ0v) is 21.9. The van der Waals surface area contributed by atoms with Crippen LogP contribution >= 0.6 is 11.5 Å². The number of fused-ring (bicyclic) bond motifs is 1. The van der Waals surface area contributed by atoms with Gasteiger partial charge in [-0.1, -0.05) is 42.5 Å². The second kappa shape index (κ2) is 11.6. The molecule has 11 heteroatoms. The molecule has 0 aliphatic carbocycles. The number of ether oxygens (including phenoxy) is 1. The van der Waals surface area contributed by atoms with Crippen molar-refractivity contribution in [2.75, 3.05) is 18.9 Å². The minimum Gasteiger partial charge on any atom is -0.395 e. The topological polar surface area (TPSA) is 154 Å². The minimum atomic E-state index is -1.03. The second-order valence-electron chi connectivity index (χ2n) is 9.30. The van der Waals surface area contributed by atoms with Crippen LogP contribution in [-0.4, -0.2) is 51.2 Å². The molecule has 1 aliphatic heterocycles. The van der Waals surface area contributed by atoms with Crippen molar-refractivity contribution < 1.29 is 19.1 Å². The number of pyridine rings is 1. The summed E-state index contributed by atoms with van der Waals surface area (Å²) in [4.78, 5) is 45.7. The highest BCUT2D eigenvalue weighted by Crippen LogP contribution is 2.31. The quantitative estimate of drug-likeness (QED) is 0.293. The van der Waals surface area contributed by atoms with Gasteiger partial charge < -0.3 is 26.4 Å². The van der Waals surface area contributed by atoms with Gasteiger partial charge in [0.15, 0.2) is 5.69 Å². The van der Waals surface area contributed by atoms with Crippen molar-refractivity contribution >= 4 is 45.8 Å². The summed E-state index contributed by atoms with van der Waals surface area (Å²) in [5, 5.41) is 3.82. The normalized spacial score (nSPS) is 15.6. The van der Waals surface area contributed by atoms with E-state index in [1.54, 1.807) is 12.3 Å². The first kappa shape index (κ1) is 26.3. The molecule has 0 unspecified atom stereocenters. The van der Waals surface area contributed by atoms with Crippen LogP contribution in [0.2, 0.25) is 0 Å². The lowest BCUT2D eigenvalue weighted by atomic mass is 10.00. The molecule has 10 nitrogen and oxygen atoms in total. The molecule has 0 spiro atoms. The Morgan fingerprint density at radius 3 is 2.67 bits per heavy atom. The van der Waals surface area contributed by atoms with E-state index in [4.69, 9.17) is 16.2 Å². The largest absolute Gasteiger partial charge is 0.395 e. The number of anilines is 1. The van der Waals surface area contributed by atoms with Crippen LogP contribution in [0, 0.1) is 0 Å². The van der Waals surface area contributed by atoms with E-state index in [9.17, 15) is 14.4 Å². The Morgan fingerprint density at radius 1 is 1.13 bits per heavy atom. The van der Waals surface area contributed by atoms with E-state index in [2.05, 4.69) is 14.7 Å². The zero-order valence-electron chi connectivity index (χ0n) is 21.1. The maximum Gasteiger partial charge on any atom is 0.270 e. The molecule has 1 aliphatic rings. The molecule has 5 N–H and O–H groups in total. The molecule has 1 fully saturated rings. The third-order valence-corrected chi connectivity index (χ3v) is 7.49. The fraction of sp³-hybridized carbons (Fsp3) is 0.250. The number of primary amides is 1. The van der Waals surface area contributed by atoms with E-state index >= 15 is 0 Å². The third-order valence-electron chi connectivity index (χ3n) is 6.64. The van der Waals surface area contributed by atoms with Crippen LogP contribution < -0.4 is 16.8 Å². The van der Waals surface area contributed by atoms with Crippen molar-refractivity contribution in [1.29, 1.82) is 0 Å². The standard InChI is InChI=1S/C28H28N6O4S/c29-22-23(26(30)35)33-39-25(22)28(37)34(16-17-6-2-1-3-7-17)24(27(36)32-15-20-9-5-13-38-20)19-10-11-21-18(14-19)8-4-12-31-21/h1-4,6-8,10-12,14,20,24H,5,9,13,15-16,29H2,(H2,30,35)(H,32,36)/t20-,24+/m1/s1. The average molecular weight is 545 g/mol. The molecule has 3 heterocycles. The Kier molecular flexibility index (Phi) is 7.80. The summed E-state index contributed by atoms with van der Waals surface area (Å²) in [6.07, 6.45) is 3.41. The number of nitrogen functional groups attached to an aromatic ring is 1. The van der Waals surface area contributed by atoms with Crippen molar-refractivity contribution in [3.63, 3.8) is 0 Å². The smallest absolute Gasteiger partial charge is 0.270 e. The SMILES string of the molecule is NC(=O)c1nsc(C(=O)N(Cc2ccccc2)[C@H](C(=O)NC[C@H]2CCCO2)c2ccc3ncccc3c2)c1N. The van der Waals surface area contributed by atoms with Crippen LogP contribution in [0.25, 0.3) is 10.9 Å². The maximum absolute atomic E-state index is 14.1. The zero-order chi connectivity index (χ0) is 27.4. The van der Waals surface area contributed by atoms with Gasteiger partial charge in [-0.15, -0.1) is 0 Å². The number of rotatable bonds is 9. The fourth-order valence-electron chi connectivity index (χ4n) is 4.67. The van der Waals surface area contributed by atoms with Crippen molar-refractivity contribution in [2.24, 2.45) is 5.73 Å². The van der Waals surface area contributed by atoms with Crippen LogP contribution in [0.1, 0.15) is 50.2 Å². The van der Waals surface area contributed by atoms with E-state index in [-0.39, 0.29) is 34.8 Å². The van der Waals surface area contributed by atoms with Gasteiger partial charge in [0.2, 0.25) is 5.91 Å². The Balaban J connectivity index is 1.59. The van der Waals surface area contributed by atoms with Crippen molar-refractivity contribution in [1.82, 2.24) is 19.6 Å². The van der Waals surface area contributed by atoms with Gasteiger partial charge in [0.05, 0.1) is 17.3 Å². The summed E-state index contributed by atoms with van der Waals surface area (Å²) < 4.78 is 9.69. The lowest BCUT2D eigenvalue weighted by Gasteiger charge is -2.32. The van der Waals surface area contributed by atoms with Gasteiger partial charge in [0.25, 0.3) is 11.8 Å². The predicted octanol–water partition coefficient (Wildman–Crippen LogP) is 3.05. The first-order valence-corrected chi connectivity index (χ1v) is 13.3. The van der Waals surface area contributed by atoms with Gasteiger partial charge in [-0.2, -0.15) is 4.37 Å². The highest BCUT2D eigenvalue weighted by Gasteiger charge is 2.35. The van der Waals surface area contributed by atoms with Crippen molar-refractivity contribution in [2.45, 2.75) is 31.5 Å². The summed E-state index contributed by atoms with van der Waals surface area (Å²) in [6, 6.07) is 17.5. The van der Waals surface area contributed by atoms with Gasteiger partial charge in [0.1, 0.15) is 10.9 Å². The third kappa shape index (κ3) is 5.74. The van der Waals surface area contributed by atoms with Gasteiger partial charge >= 0.3 is 0 Å². The molecule has 3 amide bonds. The number of nitrogens with one attached hydrogen (secondary N) is 1. The number of amides is 3. The Hall–Kier alpha value is -4.35. The van der Waals surface area contributed by atoms with Gasteiger partial charge in [-0.05, 0) is 53.7 Å². The average Bonchev–Trinajstić information content (AvgIpc) is 3.61. The molecular formula is C28H28N6O4S. The van der Waals surface area contributed by atoms with Crippen LogP contribution in [0.4, 0.5) is 5.69 Å². The van der Waals surface area contributed by atoms with Gasteiger partial charge in [-0.3, -0.25) is 19.4 Å². The number of hydrogen-bond acceptors (Lipinski definition) is 8. The Bertz CT molecular complexity index is 1500. The number of benzene rings is 2. The fourth-order valence-corrected chi connectivity index (χ4v) is 5.43. The highest BCUT2D eigenvalue weighted by molar-refractivity contribution is 7.09. The molecule has 4 aromatic rings. The number of aromatic nitrogens is 2. The molecule has 2 aromatic heterocycles. The summed E-state index contributed by atoms with van der Waals surface area (Å²) >= 11 is 0.783. The predicted molar refractivity (Wildman–Crippen MR) is 148 cm³/mol. The highest BCUT2D eigenvalue weighted by atomic mass is 32.1. The van der Waals surface area contributed by atoms with Crippen LogP contribution in [0.15, 0.2) is 66.9 Å². The molecule has 0 radical (unpaired) electrons. The summed E-state index contributed by atoms with van der Waals surface area (Å²) in [5.41, 5.74) is 13.4. The van der Waals surface area contributed by atoms with Crippen molar-refractivity contribution in [3.05, 3.63) is 88.6 Å². The van der Waals surface area contributed by atoms with Crippen molar-refractivity contribution in [3.8, 4) is 0 Å². The van der Waals surface area contributed by atoms with Crippen LogP contribution in [0.3, 0.4) is 0 Å². The molecule has 39 heavy (non-hydrogen) atoms. The molecule has 2 aromatic carbocycles. The van der Waals surface area contributed by atoms with Crippen LogP contribution in [0.5, 0.6) is 0 Å². The molecule has 5 rings (SSSR count). The lowest BCUT2D eigenvalue weighted by Crippen LogP contribution is -2.45. The van der Waals surface area contributed by atoms with E-state index in [0.29, 0.717) is 18.7 Å². The number of nitrogens with zero attached hydrogens (tertiary/aromatic N) is 3. The summed E-state index contributed by atoms with van der Waals surface area (Å²) in [6.45, 7) is 1.09. The Morgan fingerprint density at radius 2 is 1.95 bits per heavy atom. The number of carbonyl (C=O) groups is 3. The van der Waals surface area contributed by atoms with Gasteiger partial charge in [-0.25, -0.2) is 0 Å². The van der Waals surface area contributed by atoms with E-state index in [0.717, 1.165) is 40.8 Å². The molecule has 200 valence electrons. The first-order valence-electron chi connectivity index (χ1n) is 12.6. The number of hydrogen-bond donors (Lipinski definition) is 3. The maximum atomic E-state index is 14.1. The molecule has 1 saturated heterocycles. The van der Waals surface area contributed by atoms with E-state index in [1.165, 1.54) is 4.90 Å². The monoisotopic (exact) mass is 544 g/mol. The van der Waals surface area contributed by atoms with Crippen LogP contribution in [-0.2, 0) is 16.1 Å². The molecule has 0 bridgehead atoms. The number of nitrogens with two attached hydrogens (primary N) is 2. The minimum absolute atomic E-state index is 0.0408. The molecule has 2 atom stereocenters. The van der Waals surface area contributed by atoms with Gasteiger partial charge in [0, 0.05) is 31.3 Å². The van der Waals surface area contributed by atoms with E-state index < -0.39 is 17.9 Å². The Labute approximate surface area is 229 Å².